The van der Waals surface area contributed by atoms with Gasteiger partial charge in [-0.1, -0.05) is 132 Å². The SMILES string of the molecule is O=C1O[C@@H](c2ccccc2)[C@@H](c2ccccc2)N2[C@@H](c3ccc(O)cc3)[C@]3(C(=O)N(C(=O)OCc4ccc([N+](=O)[O-])cc4)c4ccc(C#CCn5nnc6ccccc65)cc43)[C@@H](C(=O)NC[C@H](O)c3ccccc3)[C@H]12. The van der Waals surface area contributed by atoms with Gasteiger partial charge in [0.25, 0.3) is 5.69 Å². The molecule has 7 atom stereocenters. The normalized spacial score (nSPS) is 21.1. The number of morpholine rings is 1. The van der Waals surface area contributed by atoms with Gasteiger partial charge in [-0.2, -0.15) is 0 Å². The number of para-hydroxylation sites is 1. The van der Waals surface area contributed by atoms with Crippen LogP contribution in [0.15, 0.2) is 182 Å². The number of carbonyl (C=O) groups excluding carboxylic acids is 4. The first-order valence-corrected chi connectivity index (χ1v) is 24.1. The van der Waals surface area contributed by atoms with Crippen molar-refractivity contribution in [1.29, 1.82) is 0 Å². The third-order valence-corrected chi connectivity index (χ3v) is 14.2. The number of phenolic OH excluding ortho intramolecular Hbond substituents is 1. The lowest BCUT2D eigenvalue weighted by Gasteiger charge is -2.46. The summed E-state index contributed by atoms with van der Waals surface area (Å²) in [6.07, 6.45) is -3.35. The summed E-state index contributed by atoms with van der Waals surface area (Å²) in [5, 5.41) is 45.2. The van der Waals surface area contributed by atoms with Gasteiger partial charge in [-0.25, -0.2) is 14.4 Å². The van der Waals surface area contributed by atoms with E-state index < -0.39 is 77.1 Å². The predicted molar refractivity (Wildman–Crippen MR) is 272 cm³/mol. The van der Waals surface area contributed by atoms with Crippen molar-refractivity contribution in [3.05, 3.63) is 231 Å². The molecule has 0 radical (unpaired) electrons. The summed E-state index contributed by atoms with van der Waals surface area (Å²) >= 11 is 0. The molecule has 3 aliphatic rings. The molecule has 1 aromatic heterocycles. The average molecular weight is 1000 g/mol. The molecule has 0 bridgehead atoms. The van der Waals surface area contributed by atoms with E-state index in [1.165, 1.54) is 36.4 Å². The van der Waals surface area contributed by atoms with E-state index in [0.717, 1.165) is 10.4 Å². The third kappa shape index (κ3) is 8.57. The third-order valence-electron chi connectivity index (χ3n) is 14.2. The Labute approximate surface area is 428 Å². The number of aromatic nitrogens is 3. The summed E-state index contributed by atoms with van der Waals surface area (Å²) in [5.74, 6) is 2.01. The molecule has 0 saturated carbocycles. The number of carbonyl (C=O) groups is 4. The number of amides is 3. The lowest BCUT2D eigenvalue weighted by Crippen LogP contribution is -2.56. The van der Waals surface area contributed by atoms with Crippen LogP contribution >= 0.6 is 0 Å². The van der Waals surface area contributed by atoms with E-state index in [1.54, 1.807) is 65.3 Å². The molecule has 0 unspecified atom stereocenters. The number of ether oxygens (including phenoxy) is 2. The van der Waals surface area contributed by atoms with Crippen LogP contribution in [0.25, 0.3) is 11.0 Å². The van der Waals surface area contributed by atoms with E-state index >= 15 is 14.4 Å². The highest BCUT2D eigenvalue weighted by Crippen LogP contribution is 2.66. The molecule has 17 heteroatoms. The number of nitro groups is 1. The lowest BCUT2D eigenvalue weighted by atomic mass is 9.65. The van der Waals surface area contributed by atoms with Gasteiger partial charge >= 0.3 is 12.1 Å². The van der Waals surface area contributed by atoms with Crippen LogP contribution in [0, 0.1) is 27.9 Å². The maximum atomic E-state index is 16.6. The number of aliphatic hydroxyl groups is 1. The number of anilines is 1. The van der Waals surface area contributed by atoms with Gasteiger partial charge in [0.1, 0.15) is 42.0 Å². The van der Waals surface area contributed by atoms with Crippen molar-refractivity contribution in [2.75, 3.05) is 11.4 Å². The summed E-state index contributed by atoms with van der Waals surface area (Å²) in [4.78, 5) is 76.3. The minimum atomic E-state index is -2.21. The summed E-state index contributed by atoms with van der Waals surface area (Å²) in [6, 6.07) is 47.1. The first kappa shape index (κ1) is 47.8. The number of non-ortho nitro benzene ring substituents is 1. The summed E-state index contributed by atoms with van der Waals surface area (Å²) in [6.45, 7) is -0.614. The van der Waals surface area contributed by atoms with Crippen molar-refractivity contribution in [1.82, 2.24) is 25.2 Å². The van der Waals surface area contributed by atoms with Gasteiger partial charge in [-0.05, 0) is 88.0 Å². The Kier molecular flexibility index (Phi) is 12.6. The molecule has 3 N–H and O–H groups in total. The molecule has 8 aromatic rings. The number of nitrogens with zero attached hydrogens (tertiary/aromatic N) is 6. The Balaban J connectivity index is 1.13. The number of hydrogen-bond donors (Lipinski definition) is 3. The molecule has 2 fully saturated rings. The molecule has 0 aliphatic carbocycles. The number of phenols is 1. The fraction of sp³-hybridized carbons (Fsp3) is 0.172. The molecule has 11 rings (SSSR count). The largest absolute Gasteiger partial charge is 0.508 e. The van der Waals surface area contributed by atoms with Crippen LogP contribution < -0.4 is 10.2 Å². The predicted octanol–water partition coefficient (Wildman–Crippen LogP) is 7.95. The Morgan fingerprint density at radius 2 is 1.47 bits per heavy atom. The van der Waals surface area contributed by atoms with E-state index in [-0.39, 0.29) is 35.8 Å². The van der Waals surface area contributed by atoms with Crippen LogP contribution in [-0.2, 0) is 42.4 Å². The van der Waals surface area contributed by atoms with Crippen molar-refractivity contribution in [3.8, 4) is 17.6 Å². The minimum absolute atomic E-state index is 0.0384. The van der Waals surface area contributed by atoms with E-state index in [4.69, 9.17) is 9.47 Å². The topological polar surface area (TPSA) is 220 Å². The Morgan fingerprint density at radius 1 is 0.800 bits per heavy atom. The summed E-state index contributed by atoms with van der Waals surface area (Å²) in [7, 11) is 0. The Bertz CT molecular complexity index is 3550. The van der Waals surface area contributed by atoms with Crippen molar-refractivity contribution in [2.24, 2.45) is 5.92 Å². The molecular weight excluding hydrogens is 955 g/mol. The van der Waals surface area contributed by atoms with Gasteiger partial charge in [0, 0.05) is 24.2 Å². The first-order valence-electron chi connectivity index (χ1n) is 24.1. The van der Waals surface area contributed by atoms with Crippen LogP contribution in [0.5, 0.6) is 5.75 Å². The quantitative estimate of drug-likeness (QED) is 0.0486. The van der Waals surface area contributed by atoms with Crippen LogP contribution in [-0.4, -0.2) is 71.5 Å². The van der Waals surface area contributed by atoms with Gasteiger partial charge in [-0.15, -0.1) is 5.10 Å². The van der Waals surface area contributed by atoms with Crippen molar-refractivity contribution in [3.63, 3.8) is 0 Å². The highest BCUT2D eigenvalue weighted by Gasteiger charge is 2.75. The molecule has 372 valence electrons. The number of imide groups is 1. The fourth-order valence-corrected chi connectivity index (χ4v) is 10.9. The second-order valence-electron chi connectivity index (χ2n) is 18.4. The van der Waals surface area contributed by atoms with Crippen LogP contribution in [0.4, 0.5) is 16.2 Å². The van der Waals surface area contributed by atoms with Crippen LogP contribution in [0.2, 0.25) is 0 Å². The van der Waals surface area contributed by atoms with Gasteiger partial charge in [-0.3, -0.25) is 29.4 Å². The zero-order chi connectivity index (χ0) is 51.8. The number of benzene rings is 7. The number of cyclic esters (lactones) is 1. The minimum Gasteiger partial charge on any atom is -0.508 e. The monoisotopic (exact) mass is 999 g/mol. The van der Waals surface area contributed by atoms with Gasteiger partial charge < -0.3 is 25.0 Å². The molecule has 1 spiro atoms. The van der Waals surface area contributed by atoms with Gasteiger partial charge in [0.15, 0.2) is 0 Å². The molecule has 17 nitrogen and oxygen atoms in total. The number of aromatic hydroxyl groups is 1. The molecule has 3 amide bonds. The lowest BCUT2D eigenvalue weighted by molar-refractivity contribution is -0.384. The average Bonchev–Trinajstić information content (AvgIpc) is 4.12. The standard InChI is InChI=1S/C58H45N7O10/c66-43-29-25-41(26-30-43)53-58(49(54(68)59-34-48(67)38-14-4-1-5-15-38)51-55(69)75-52(40-18-8-3-9-19-40)50(64(51)53)39-16-6-2-7-17-39)44-33-36(13-12-32-62-47-21-11-10-20-45(47)60-61-62)24-31-46(44)63(56(58)70)57(71)74-35-37-22-27-42(28-23-37)65(72)73/h1-11,14-31,33,48-53,66-67H,32,34-35H2,(H,59,68)/t48-,49+,50+,51+,52-,53-,58+/m0/s1. The Morgan fingerprint density at radius 3 is 2.17 bits per heavy atom. The Hall–Kier alpha value is -9.50. The van der Waals surface area contributed by atoms with E-state index in [1.807, 2.05) is 89.8 Å². The number of nitro benzene ring substituents is 1. The van der Waals surface area contributed by atoms with E-state index in [9.17, 15) is 25.1 Å². The van der Waals surface area contributed by atoms with Gasteiger partial charge in [0.05, 0.1) is 40.2 Å². The molecular formula is C58H45N7O10. The first-order chi connectivity index (χ1) is 36.5. The zero-order valence-electron chi connectivity index (χ0n) is 39.7. The van der Waals surface area contributed by atoms with Crippen molar-refractivity contribution >= 4 is 46.3 Å². The number of aliphatic hydroxyl groups excluding tert-OH is 1. The van der Waals surface area contributed by atoms with Crippen LogP contribution in [0.1, 0.15) is 63.2 Å². The zero-order valence-corrected chi connectivity index (χ0v) is 39.7. The highest BCUT2D eigenvalue weighted by atomic mass is 16.6. The maximum absolute atomic E-state index is 16.6. The summed E-state index contributed by atoms with van der Waals surface area (Å²) in [5.41, 5.74) is 2.21. The number of fused-ring (bicyclic) bond motifs is 4. The van der Waals surface area contributed by atoms with E-state index in [0.29, 0.717) is 38.9 Å². The summed E-state index contributed by atoms with van der Waals surface area (Å²) < 4.78 is 14.1. The van der Waals surface area contributed by atoms with Crippen LogP contribution in [0.3, 0.4) is 0 Å². The molecule has 3 aliphatic heterocycles. The van der Waals surface area contributed by atoms with E-state index in [2.05, 4.69) is 27.5 Å². The van der Waals surface area contributed by atoms with Gasteiger partial charge in [0.2, 0.25) is 11.8 Å². The number of esters is 1. The molecule has 75 heavy (non-hydrogen) atoms. The second-order valence-corrected chi connectivity index (χ2v) is 18.4. The highest BCUT2D eigenvalue weighted by molar-refractivity contribution is 6.23. The fourth-order valence-electron chi connectivity index (χ4n) is 10.9. The second kappa shape index (κ2) is 19.8. The molecule has 2 saturated heterocycles. The number of hydrogen-bond acceptors (Lipinski definition) is 13. The molecule has 7 aromatic carbocycles. The number of rotatable bonds is 11. The van der Waals surface area contributed by atoms with Crippen molar-refractivity contribution in [2.45, 2.75) is 48.9 Å². The van der Waals surface area contributed by atoms with Crippen molar-refractivity contribution < 1.29 is 43.8 Å². The maximum Gasteiger partial charge on any atom is 0.421 e. The molecule has 4 heterocycles. The smallest absolute Gasteiger partial charge is 0.421 e. The number of nitrogens with one attached hydrogen (secondary N) is 1.